The number of nitrogens with zero attached hydrogens (tertiary/aromatic N) is 1. The van der Waals surface area contributed by atoms with Gasteiger partial charge in [-0.05, 0) is 42.2 Å². The lowest BCUT2D eigenvalue weighted by molar-refractivity contribution is -0.137. The summed E-state index contributed by atoms with van der Waals surface area (Å²) in [6, 6.07) is 2.06. The van der Waals surface area contributed by atoms with E-state index in [4.69, 9.17) is 5.11 Å². The summed E-state index contributed by atoms with van der Waals surface area (Å²) >= 11 is 1.67. The van der Waals surface area contributed by atoms with Crippen LogP contribution in [0.3, 0.4) is 0 Å². The molecule has 116 valence electrons. The second kappa shape index (κ2) is 7.45. The Morgan fingerprint density at radius 1 is 1.52 bits per heavy atom. The van der Waals surface area contributed by atoms with Gasteiger partial charge < -0.3 is 15.3 Å². The van der Waals surface area contributed by atoms with Crippen molar-refractivity contribution in [3.05, 3.63) is 21.9 Å². The van der Waals surface area contributed by atoms with Gasteiger partial charge in [-0.2, -0.15) is 0 Å². The summed E-state index contributed by atoms with van der Waals surface area (Å²) in [5.41, 5.74) is 1.29. The van der Waals surface area contributed by atoms with Gasteiger partial charge in [0.25, 0.3) is 0 Å². The van der Waals surface area contributed by atoms with Gasteiger partial charge in [0.1, 0.15) is 0 Å². The second-order valence-electron chi connectivity index (χ2n) is 5.41. The van der Waals surface area contributed by atoms with Crippen LogP contribution in [-0.2, 0) is 17.8 Å². The Labute approximate surface area is 129 Å². The van der Waals surface area contributed by atoms with E-state index in [9.17, 15) is 9.59 Å². The maximum atomic E-state index is 12.1. The summed E-state index contributed by atoms with van der Waals surface area (Å²) in [5, 5.41) is 13.7. The minimum atomic E-state index is -0.761. The van der Waals surface area contributed by atoms with Crippen LogP contribution in [0.2, 0.25) is 0 Å². The standard InChI is InChI=1S/C15H22N2O3S/c1-2-12-6-8-21-13(12)9-16-15(20)17-7-5-11(10-17)3-4-14(18)19/h6,8,11H,2-5,7,9-10H2,1H3,(H,16,20)(H,18,19). The van der Waals surface area contributed by atoms with E-state index in [1.54, 1.807) is 16.2 Å². The number of aliphatic carboxylic acids is 1. The highest BCUT2D eigenvalue weighted by atomic mass is 32.1. The molecule has 1 fully saturated rings. The van der Waals surface area contributed by atoms with Crippen LogP contribution in [0.15, 0.2) is 11.4 Å². The first-order valence-corrected chi connectivity index (χ1v) is 8.28. The molecule has 0 aliphatic carbocycles. The van der Waals surface area contributed by atoms with Crippen molar-refractivity contribution in [2.75, 3.05) is 13.1 Å². The van der Waals surface area contributed by atoms with E-state index in [1.165, 1.54) is 10.4 Å². The number of nitrogens with one attached hydrogen (secondary N) is 1. The Kier molecular flexibility index (Phi) is 5.61. The molecule has 0 bridgehead atoms. The van der Waals surface area contributed by atoms with Gasteiger partial charge in [0, 0.05) is 24.4 Å². The van der Waals surface area contributed by atoms with E-state index < -0.39 is 5.97 Å². The Balaban J connectivity index is 1.75. The molecule has 6 heteroatoms. The van der Waals surface area contributed by atoms with Crippen molar-refractivity contribution in [1.29, 1.82) is 0 Å². The van der Waals surface area contributed by atoms with Gasteiger partial charge in [-0.1, -0.05) is 6.92 Å². The number of aryl methyl sites for hydroxylation is 1. The zero-order valence-electron chi connectivity index (χ0n) is 12.3. The number of likely N-dealkylation sites (tertiary alicyclic amines) is 1. The molecule has 0 aromatic carbocycles. The highest BCUT2D eigenvalue weighted by molar-refractivity contribution is 7.10. The Hall–Kier alpha value is -1.56. The zero-order valence-corrected chi connectivity index (χ0v) is 13.1. The van der Waals surface area contributed by atoms with Gasteiger partial charge in [-0.3, -0.25) is 4.79 Å². The van der Waals surface area contributed by atoms with E-state index in [0.29, 0.717) is 25.4 Å². The summed E-state index contributed by atoms with van der Waals surface area (Å²) in [6.45, 7) is 4.09. The lowest BCUT2D eigenvalue weighted by atomic mass is 10.0. The van der Waals surface area contributed by atoms with E-state index in [-0.39, 0.29) is 12.5 Å². The van der Waals surface area contributed by atoms with Crippen LogP contribution in [-0.4, -0.2) is 35.1 Å². The Bertz CT molecular complexity index is 501. The monoisotopic (exact) mass is 310 g/mol. The number of thiophene rings is 1. The maximum Gasteiger partial charge on any atom is 0.317 e. The topological polar surface area (TPSA) is 69.6 Å². The smallest absolute Gasteiger partial charge is 0.317 e. The fraction of sp³-hybridized carbons (Fsp3) is 0.600. The number of hydrogen-bond donors (Lipinski definition) is 2. The molecular weight excluding hydrogens is 288 g/mol. The average Bonchev–Trinajstić information content (AvgIpc) is 3.11. The number of carbonyl (C=O) groups is 2. The molecule has 2 heterocycles. The van der Waals surface area contributed by atoms with Crippen molar-refractivity contribution >= 4 is 23.3 Å². The van der Waals surface area contributed by atoms with Crippen LogP contribution < -0.4 is 5.32 Å². The molecule has 5 nitrogen and oxygen atoms in total. The van der Waals surface area contributed by atoms with Crippen LogP contribution >= 0.6 is 11.3 Å². The number of urea groups is 1. The molecule has 1 saturated heterocycles. The Morgan fingerprint density at radius 2 is 2.33 bits per heavy atom. The van der Waals surface area contributed by atoms with Crippen LogP contribution in [0.5, 0.6) is 0 Å². The molecule has 1 unspecified atom stereocenters. The van der Waals surface area contributed by atoms with Crippen LogP contribution in [0.4, 0.5) is 4.79 Å². The fourth-order valence-corrected chi connectivity index (χ4v) is 3.60. The van der Waals surface area contributed by atoms with Gasteiger partial charge in [0.2, 0.25) is 0 Å². The SMILES string of the molecule is CCc1ccsc1CNC(=O)N1CCC(CCC(=O)O)C1. The molecule has 21 heavy (non-hydrogen) atoms. The molecule has 0 saturated carbocycles. The highest BCUT2D eigenvalue weighted by Gasteiger charge is 2.26. The number of carboxylic acid groups (broad SMARTS) is 1. The second-order valence-corrected chi connectivity index (χ2v) is 6.42. The molecule has 2 rings (SSSR count). The number of carbonyl (C=O) groups excluding carboxylic acids is 1. The van der Waals surface area contributed by atoms with Gasteiger partial charge in [-0.25, -0.2) is 4.79 Å². The number of carboxylic acids is 1. The normalized spacial score (nSPS) is 18.0. The summed E-state index contributed by atoms with van der Waals surface area (Å²) < 4.78 is 0. The molecule has 1 aliphatic heterocycles. The number of amides is 2. The van der Waals surface area contributed by atoms with Crippen molar-refractivity contribution < 1.29 is 14.7 Å². The van der Waals surface area contributed by atoms with E-state index in [1.807, 2.05) is 0 Å². The van der Waals surface area contributed by atoms with Crippen molar-refractivity contribution in [3.8, 4) is 0 Å². The summed E-state index contributed by atoms with van der Waals surface area (Å²) in [5.74, 6) is -0.442. The lowest BCUT2D eigenvalue weighted by Crippen LogP contribution is -2.38. The largest absolute Gasteiger partial charge is 0.481 e. The number of rotatable bonds is 6. The lowest BCUT2D eigenvalue weighted by Gasteiger charge is -2.17. The van der Waals surface area contributed by atoms with Gasteiger partial charge in [-0.15, -0.1) is 11.3 Å². The van der Waals surface area contributed by atoms with E-state index in [2.05, 4.69) is 23.7 Å². The quantitative estimate of drug-likeness (QED) is 0.849. The average molecular weight is 310 g/mol. The van der Waals surface area contributed by atoms with Crippen LogP contribution in [0, 0.1) is 5.92 Å². The summed E-state index contributed by atoms with van der Waals surface area (Å²) in [4.78, 5) is 25.7. The summed E-state index contributed by atoms with van der Waals surface area (Å²) in [7, 11) is 0. The molecule has 1 aliphatic rings. The number of hydrogen-bond acceptors (Lipinski definition) is 3. The first-order chi connectivity index (χ1) is 10.1. The predicted molar refractivity (Wildman–Crippen MR) is 82.5 cm³/mol. The van der Waals surface area contributed by atoms with Crippen LogP contribution in [0.1, 0.15) is 36.6 Å². The third-order valence-corrected chi connectivity index (χ3v) is 4.92. The third kappa shape index (κ3) is 4.46. The first kappa shape index (κ1) is 15.8. The van der Waals surface area contributed by atoms with Gasteiger partial charge in [0.05, 0.1) is 6.54 Å². The maximum absolute atomic E-state index is 12.1. The minimum Gasteiger partial charge on any atom is -0.481 e. The van der Waals surface area contributed by atoms with Crippen molar-refractivity contribution in [2.24, 2.45) is 5.92 Å². The van der Waals surface area contributed by atoms with Gasteiger partial charge >= 0.3 is 12.0 Å². The highest BCUT2D eigenvalue weighted by Crippen LogP contribution is 2.21. The Morgan fingerprint density at radius 3 is 3.05 bits per heavy atom. The first-order valence-electron chi connectivity index (χ1n) is 7.40. The summed E-state index contributed by atoms with van der Waals surface area (Å²) in [6.07, 6.45) is 2.73. The molecule has 2 N–H and O–H groups in total. The fourth-order valence-electron chi connectivity index (χ4n) is 2.69. The predicted octanol–water partition coefficient (Wildman–Crippen LogP) is 2.71. The van der Waals surface area contributed by atoms with E-state index in [0.717, 1.165) is 19.4 Å². The van der Waals surface area contributed by atoms with Crippen molar-refractivity contribution in [1.82, 2.24) is 10.2 Å². The zero-order chi connectivity index (χ0) is 15.2. The molecule has 2 amide bonds. The van der Waals surface area contributed by atoms with Crippen LogP contribution in [0.25, 0.3) is 0 Å². The minimum absolute atomic E-state index is 0.0386. The van der Waals surface area contributed by atoms with Crippen molar-refractivity contribution in [3.63, 3.8) is 0 Å². The van der Waals surface area contributed by atoms with E-state index >= 15 is 0 Å². The molecular formula is C15H22N2O3S. The molecule has 1 atom stereocenters. The molecule has 0 radical (unpaired) electrons. The van der Waals surface area contributed by atoms with Crippen molar-refractivity contribution in [2.45, 2.75) is 39.2 Å². The van der Waals surface area contributed by atoms with Gasteiger partial charge in [0.15, 0.2) is 0 Å². The molecule has 0 spiro atoms. The molecule has 1 aromatic rings. The third-order valence-electron chi connectivity index (χ3n) is 3.96. The molecule has 1 aromatic heterocycles.